The number of aliphatic hydroxyl groups excluding tert-OH is 1. The van der Waals surface area contributed by atoms with Crippen LogP contribution in [-0.2, 0) is 35.6 Å². The third kappa shape index (κ3) is 8.45. The van der Waals surface area contributed by atoms with E-state index in [2.05, 4.69) is 0 Å². The number of aliphatic hydroxyl groups is 1. The standard InChI is InChI=1S/C27H27F6NO4S/c1-39(36,37)25-15-21(14-24(29)22(25)17-35)38-13-3-11-34(12-10-18-6-8-20(28)9-7-18)16-19-4-2-5-23(26(19)30)27(31,32)33/h2,4-9,14-15,35H,3,10-13,16-17H2,1H3. The van der Waals surface area contributed by atoms with Crippen LogP contribution in [0.3, 0.4) is 0 Å². The van der Waals surface area contributed by atoms with Gasteiger partial charge in [-0.15, -0.1) is 0 Å². The second-order valence-corrected chi connectivity index (χ2v) is 10.9. The maximum Gasteiger partial charge on any atom is 0.419 e. The van der Waals surface area contributed by atoms with Gasteiger partial charge in [-0.1, -0.05) is 24.3 Å². The van der Waals surface area contributed by atoms with Crippen LogP contribution < -0.4 is 4.74 Å². The van der Waals surface area contributed by atoms with E-state index in [0.717, 1.165) is 30.0 Å². The Labute approximate surface area is 222 Å². The average molecular weight is 576 g/mol. The van der Waals surface area contributed by atoms with Crippen LogP contribution in [0.4, 0.5) is 26.3 Å². The molecule has 0 unspecified atom stereocenters. The molecule has 0 atom stereocenters. The maximum atomic E-state index is 14.7. The zero-order valence-corrected chi connectivity index (χ0v) is 21.8. The highest BCUT2D eigenvalue weighted by Gasteiger charge is 2.34. The molecular formula is C27H27F6NO4S. The molecule has 0 aliphatic rings. The molecule has 0 aliphatic carbocycles. The Balaban J connectivity index is 1.72. The Morgan fingerprint density at radius 1 is 0.974 bits per heavy atom. The van der Waals surface area contributed by atoms with Crippen LogP contribution >= 0.6 is 0 Å². The molecule has 1 N–H and O–H groups in total. The summed E-state index contributed by atoms with van der Waals surface area (Å²) in [5, 5.41) is 9.32. The van der Waals surface area contributed by atoms with Crippen molar-refractivity contribution in [1.82, 2.24) is 4.90 Å². The highest BCUT2D eigenvalue weighted by Crippen LogP contribution is 2.33. The van der Waals surface area contributed by atoms with Crippen molar-refractivity contribution in [2.75, 3.05) is 26.0 Å². The smallest absolute Gasteiger partial charge is 0.419 e. The first-order chi connectivity index (χ1) is 18.3. The minimum atomic E-state index is -4.85. The van der Waals surface area contributed by atoms with Gasteiger partial charge in [0.2, 0.25) is 0 Å². The van der Waals surface area contributed by atoms with E-state index in [4.69, 9.17) is 4.74 Å². The lowest BCUT2D eigenvalue weighted by atomic mass is 10.1. The number of ether oxygens (including phenoxy) is 1. The Morgan fingerprint density at radius 3 is 2.28 bits per heavy atom. The fourth-order valence-electron chi connectivity index (χ4n) is 4.00. The molecule has 0 heterocycles. The van der Waals surface area contributed by atoms with E-state index in [1.165, 1.54) is 18.2 Å². The zero-order chi connectivity index (χ0) is 28.8. The minimum absolute atomic E-state index is 0.0146. The molecule has 0 amide bonds. The van der Waals surface area contributed by atoms with Gasteiger partial charge >= 0.3 is 6.18 Å². The minimum Gasteiger partial charge on any atom is -0.493 e. The first-order valence-electron chi connectivity index (χ1n) is 11.9. The molecule has 0 aliphatic heterocycles. The van der Waals surface area contributed by atoms with Crippen LogP contribution in [0.25, 0.3) is 0 Å². The average Bonchev–Trinajstić information content (AvgIpc) is 2.85. The summed E-state index contributed by atoms with van der Waals surface area (Å²) >= 11 is 0. The van der Waals surface area contributed by atoms with Gasteiger partial charge in [-0.3, -0.25) is 4.90 Å². The van der Waals surface area contributed by atoms with Crippen molar-refractivity contribution in [3.8, 4) is 5.75 Å². The number of sulfone groups is 1. The Hall–Kier alpha value is -3.09. The molecule has 0 radical (unpaired) electrons. The number of halogens is 6. The van der Waals surface area contributed by atoms with Crippen molar-refractivity contribution in [3.63, 3.8) is 0 Å². The van der Waals surface area contributed by atoms with Gasteiger partial charge < -0.3 is 9.84 Å². The second kappa shape index (κ2) is 12.8. The molecular weight excluding hydrogens is 548 g/mol. The summed E-state index contributed by atoms with van der Waals surface area (Å²) in [6, 6.07) is 10.8. The zero-order valence-electron chi connectivity index (χ0n) is 20.9. The molecule has 39 heavy (non-hydrogen) atoms. The van der Waals surface area contributed by atoms with E-state index in [-0.39, 0.29) is 43.0 Å². The number of rotatable bonds is 12. The molecule has 0 bridgehead atoms. The van der Waals surface area contributed by atoms with Crippen LogP contribution in [0, 0.1) is 17.5 Å². The fourth-order valence-corrected chi connectivity index (χ4v) is 4.94. The molecule has 0 aromatic heterocycles. The number of hydrogen-bond donors (Lipinski definition) is 1. The van der Waals surface area contributed by atoms with E-state index in [1.54, 1.807) is 17.0 Å². The molecule has 5 nitrogen and oxygen atoms in total. The first-order valence-corrected chi connectivity index (χ1v) is 13.8. The summed E-state index contributed by atoms with van der Waals surface area (Å²) in [7, 11) is -3.85. The molecule has 0 saturated carbocycles. The van der Waals surface area contributed by atoms with Gasteiger partial charge in [-0.2, -0.15) is 13.2 Å². The maximum absolute atomic E-state index is 14.7. The summed E-state index contributed by atoms with van der Waals surface area (Å²) < 4.78 is 111. The number of alkyl halides is 3. The van der Waals surface area contributed by atoms with Crippen molar-refractivity contribution in [3.05, 3.63) is 94.3 Å². The summed E-state index contributed by atoms with van der Waals surface area (Å²) in [4.78, 5) is 1.31. The Morgan fingerprint density at radius 2 is 1.67 bits per heavy atom. The largest absolute Gasteiger partial charge is 0.493 e. The number of nitrogens with zero attached hydrogens (tertiary/aromatic N) is 1. The Bertz CT molecular complexity index is 1380. The molecule has 3 aromatic rings. The van der Waals surface area contributed by atoms with Gasteiger partial charge in [-0.25, -0.2) is 21.6 Å². The van der Waals surface area contributed by atoms with Gasteiger partial charge in [0.25, 0.3) is 0 Å². The topological polar surface area (TPSA) is 66.8 Å². The van der Waals surface area contributed by atoms with Gasteiger partial charge in [0, 0.05) is 43.1 Å². The first kappa shape index (κ1) is 30.5. The SMILES string of the molecule is CS(=O)(=O)c1cc(OCCCN(CCc2ccc(F)cc2)Cc2cccc(C(F)(F)F)c2F)cc(F)c1CO. The monoisotopic (exact) mass is 575 g/mol. The molecule has 3 rings (SSSR count). The molecule has 0 fully saturated rings. The lowest BCUT2D eigenvalue weighted by Gasteiger charge is -2.23. The van der Waals surface area contributed by atoms with E-state index < -0.39 is 50.5 Å². The van der Waals surface area contributed by atoms with Gasteiger partial charge in [-0.05, 0) is 42.7 Å². The molecule has 12 heteroatoms. The summed E-state index contributed by atoms with van der Waals surface area (Å²) in [6.45, 7) is -0.426. The van der Waals surface area contributed by atoms with E-state index in [1.807, 2.05) is 0 Å². The van der Waals surface area contributed by atoms with Crippen LogP contribution in [-0.4, -0.2) is 44.4 Å². The fraction of sp³-hybridized carbons (Fsp3) is 0.333. The quantitative estimate of drug-likeness (QED) is 0.227. The van der Waals surface area contributed by atoms with Crippen LogP contribution in [0.15, 0.2) is 59.5 Å². The third-order valence-electron chi connectivity index (χ3n) is 5.98. The third-order valence-corrected chi connectivity index (χ3v) is 7.14. The predicted molar refractivity (Wildman–Crippen MR) is 132 cm³/mol. The predicted octanol–water partition coefficient (Wildman–Crippen LogP) is 5.53. The van der Waals surface area contributed by atoms with Gasteiger partial charge in [0.05, 0.1) is 23.7 Å². The lowest BCUT2D eigenvalue weighted by Crippen LogP contribution is -2.28. The van der Waals surface area contributed by atoms with Crippen LogP contribution in [0.1, 0.15) is 28.7 Å². The van der Waals surface area contributed by atoms with E-state index in [0.29, 0.717) is 19.0 Å². The van der Waals surface area contributed by atoms with Gasteiger partial charge in [0.1, 0.15) is 23.2 Å². The van der Waals surface area contributed by atoms with Crippen molar-refractivity contribution in [2.24, 2.45) is 0 Å². The highest BCUT2D eigenvalue weighted by atomic mass is 32.2. The molecule has 212 valence electrons. The normalized spacial score (nSPS) is 12.2. The number of hydrogen-bond acceptors (Lipinski definition) is 5. The molecule has 0 saturated heterocycles. The second-order valence-electron chi connectivity index (χ2n) is 8.94. The van der Waals surface area contributed by atoms with Gasteiger partial charge in [0.15, 0.2) is 9.84 Å². The Kier molecular flexibility index (Phi) is 10.0. The lowest BCUT2D eigenvalue weighted by molar-refractivity contribution is -0.140. The van der Waals surface area contributed by atoms with E-state index >= 15 is 0 Å². The molecule has 3 aromatic carbocycles. The van der Waals surface area contributed by atoms with Crippen LogP contribution in [0.2, 0.25) is 0 Å². The van der Waals surface area contributed by atoms with Crippen molar-refractivity contribution < 1.29 is 44.6 Å². The highest BCUT2D eigenvalue weighted by molar-refractivity contribution is 7.90. The number of benzene rings is 3. The van der Waals surface area contributed by atoms with Crippen LogP contribution in [0.5, 0.6) is 5.75 Å². The molecule has 0 spiro atoms. The summed E-state index contributed by atoms with van der Waals surface area (Å²) in [5.41, 5.74) is -1.11. The summed E-state index contributed by atoms with van der Waals surface area (Å²) in [6.07, 6.45) is -3.29. The van der Waals surface area contributed by atoms with Crippen molar-refractivity contribution >= 4 is 9.84 Å². The van der Waals surface area contributed by atoms with Crippen molar-refractivity contribution in [2.45, 2.75) is 37.1 Å². The van der Waals surface area contributed by atoms with E-state index in [9.17, 15) is 39.9 Å². The summed E-state index contributed by atoms with van der Waals surface area (Å²) in [5.74, 6) is -2.80. The van der Waals surface area contributed by atoms with Crippen molar-refractivity contribution in [1.29, 1.82) is 0 Å².